The molecular weight excluding hydrogens is 297 g/mol. The molecule has 2 unspecified atom stereocenters. The molecule has 1 aromatic rings. The van der Waals surface area contributed by atoms with Gasteiger partial charge in [-0.1, -0.05) is 22.9 Å². The maximum atomic E-state index is 13.2. The van der Waals surface area contributed by atoms with Crippen LogP contribution in [0.2, 0.25) is 0 Å². The third-order valence-corrected chi connectivity index (χ3v) is 4.37. The van der Waals surface area contributed by atoms with E-state index < -0.39 is 0 Å². The van der Waals surface area contributed by atoms with E-state index in [0.717, 1.165) is 18.3 Å². The highest BCUT2D eigenvalue weighted by Gasteiger charge is 2.33. The normalized spacial score (nSPS) is 23.4. The highest BCUT2D eigenvalue weighted by molar-refractivity contribution is 9.09. The van der Waals surface area contributed by atoms with Crippen LogP contribution in [0.3, 0.4) is 0 Å². The van der Waals surface area contributed by atoms with E-state index in [1.807, 2.05) is 4.90 Å². The molecule has 98 valence electrons. The van der Waals surface area contributed by atoms with Crippen molar-refractivity contribution in [2.75, 3.05) is 11.9 Å². The molecule has 0 radical (unpaired) electrons. The van der Waals surface area contributed by atoms with Crippen molar-refractivity contribution in [3.8, 4) is 0 Å². The average Bonchev–Trinajstić information content (AvgIpc) is 2.73. The number of aryl methyl sites for hydroxylation is 1. The number of nitrogens with zero attached hydrogens (tertiary/aromatic N) is 1. The molecule has 0 spiro atoms. The Morgan fingerprint density at radius 3 is 2.89 bits per heavy atom. The van der Waals surface area contributed by atoms with E-state index in [1.165, 1.54) is 6.07 Å². The minimum Gasteiger partial charge on any atom is -0.335 e. The second kappa shape index (κ2) is 5.39. The van der Waals surface area contributed by atoms with Crippen LogP contribution in [0.15, 0.2) is 18.2 Å². The van der Waals surface area contributed by atoms with Crippen molar-refractivity contribution in [2.45, 2.75) is 26.3 Å². The molecule has 2 rings (SSSR count). The lowest BCUT2D eigenvalue weighted by molar-refractivity contribution is 0.0738. The Balaban J connectivity index is 2.23. The molecule has 0 bridgehead atoms. The average molecular weight is 314 g/mol. The number of halogens is 2. The van der Waals surface area contributed by atoms with Crippen LogP contribution in [0, 0.1) is 18.7 Å². The molecule has 0 aliphatic carbocycles. The van der Waals surface area contributed by atoms with Gasteiger partial charge in [0.15, 0.2) is 0 Å². The van der Waals surface area contributed by atoms with E-state index in [-0.39, 0.29) is 17.8 Å². The van der Waals surface area contributed by atoms with Crippen LogP contribution in [0.5, 0.6) is 0 Å². The van der Waals surface area contributed by atoms with Gasteiger partial charge in [-0.25, -0.2) is 4.39 Å². The Morgan fingerprint density at radius 2 is 2.28 bits per heavy atom. The quantitative estimate of drug-likeness (QED) is 0.766. The molecule has 1 fully saturated rings. The summed E-state index contributed by atoms with van der Waals surface area (Å²) < 4.78 is 13.2. The van der Waals surface area contributed by atoms with Crippen LogP contribution in [-0.4, -0.2) is 28.7 Å². The summed E-state index contributed by atoms with van der Waals surface area (Å²) in [6, 6.07) is 4.80. The molecule has 0 saturated carbocycles. The summed E-state index contributed by atoms with van der Waals surface area (Å²) in [6.07, 6.45) is 1.03. The van der Waals surface area contributed by atoms with E-state index >= 15 is 0 Å². The molecule has 2 nitrogen and oxygen atoms in total. The molecular formula is C14H17BrFNO. The Morgan fingerprint density at radius 1 is 1.56 bits per heavy atom. The lowest BCUT2D eigenvalue weighted by Gasteiger charge is -2.25. The first-order valence-corrected chi connectivity index (χ1v) is 7.30. The molecule has 1 aromatic carbocycles. The predicted octanol–water partition coefficient (Wildman–Crippen LogP) is 3.38. The van der Waals surface area contributed by atoms with Crippen LogP contribution in [0.25, 0.3) is 0 Å². The first-order chi connectivity index (χ1) is 8.54. The summed E-state index contributed by atoms with van der Waals surface area (Å²) in [6.45, 7) is 4.63. The summed E-state index contributed by atoms with van der Waals surface area (Å²) in [4.78, 5) is 14.3. The van der Waals surface area contributed by atoms with Crippen LogP contribution in [0.4, 0.5) is 4.39 Å². The summed E-state index contributed by atoms with van der Waals surface area (Å²) in [5.41, 5.74) is 1.09. The zero-order valence-electron chi connectivity index (χ0n) is 10.6. The van der Waals surface area contributed by atoms with Crippen molar-refractivity contribution < 1.29 is 9.18 Å². The Hall–Kier alpha value is -0.900. The van der Waals surface area contributed by atoms with E-state index in [2.05, 4.69) is 22.9 Å². The molecule has 1 amide bonds. The van der Waals surface area contributed by atoms with E-state index in [9.17, 15) is 9.18 Å². The maximum absolute atomic E-state index is 13.2. The fourth-order valence-corrected chi connectivity index (χ4v) is 3.43. The molecule has 1 heterocycles. The van der Waals surface area contributed by atoms with Gasteiger partial charge in [-0.2, -0.15) is 0 Å². The fourth-order valence-electron chi connectivity index (χ4n) is 2.44. The first kappa shape index (κ1) is 13.5. The topological polar surface area (TPSA) is 20.3 Å². The molecule has 2 atom stereocenters. The largest absolute Gasteiger partial charge is 0.335 e. The molecule has 4 heteroatoms. The summed E-state index contributed by atoms with van der Waals surface area (Å²) >= 11 is 3.47. The number of carbonyl (C=O) groups is 1. The summed E-state index contributed by atoms with van der Waals surface area (Å²) in [5.74, 6) is 0.250. The van der Waals surface area contributed by atoms with Crippen molar-refractivity contribution in [3.05, 3.63) is 35.1 Å². The second-order valence-electron chi connectivity index (χ2n) is 4.95. The van der Waals surface area contributed by atoms with Gasteiger partial charge >= 0.3 is 0 Å². The van der Waals surface area contributed by atoms with Crippen molar-refractivity contribution in [1.29, 1.82) is 0 Å². The minimum atomic E-state index is -0.265. The first-order valence-electron chi connectivity index (χ1n) is 6.17. The molecule has 0 N–H and O–H groups in total. The number of carbonyl (C=O) groups excluding carboxylic acids is 1. The predicted molar refractivity (Wildman–Crippen MR) is 73.5 cm³/mol. The van der Waals surface area contributed by atoms with Crippen LogP contribution >= 0.6 is 15.9 Å². The Kier molecular flexibility index (Phi) is 4.05. The second-order valence-corrected chi connectivity index (χ2v) is 5.60. The molecule has 1 saturated heterocycles. The summed E-state index contributed by atoms with van der Waals surface area (Å²) in [5, 5.41) is 0.792. The minimum absolute atomic E-state index is 0.00639. The lowest BCUT2D eigenvalue weighted by atomic mass is 10.0. The van der Waals surface area contributed by atoms with Gasteiger partial charge in [-0.05, 0) is 43.0 Å². The third kappa shape index (κ3) is 2.44. The van der Waals surface area contributed by atoms with Gasteiger partial charge in [0, 0.05) is 23.5 Å². The van der Waals surface area contributed by atoms with Crippen molar-refractivity contribution in [3.63, 3.8) is 0 Å². The molecule has 18 heavy (non-hydrogen) atoms. The SMILES string of the molecule is Cc1cc(C(=O)N2CCC(C)C2CBr)ccc1F. The van der Waals surface area contributed by atoms with Crippen molar-refractivity contribution in [1.82, 2.24) is 4.90 Å². The number of hydrogen-bond donors (Lipinski definition) is 0. The molecule has 1 aliphatic rings. The maximum Gasteiger partial charge on any atom is 0.254 e. The molecule has 0 aromatic heterocycles. The van der Waals surface area contributed by atoms with Gasteiger partial charge in [0.1, 0.15) is 5.82 Å². The highest BCUT2D eigenvalue weighted by Crippen LogP contribution is 2.27. The number of rotatable bonds is 2. The number of benzene rings is 1. The van der Waals surface area contributed by atoms with Gasteiger partial charge in [-0.15, -0.1) is 0 Å². The standard InChI is InChI=1S/C14H17BrFNO/c1-9-5-6-17(13(9)8-15)14(18)11-3-4-12(16)10(2)7-11/h3-4,7,9,13H,5-6,8H2,1-2H3. The third-order valence-electron chi connectivity index (χ3n) is 3.71. The summed E-state index contributed by atoms with van der Waals surface area (Å²) in [7, 11) is 0. The fraction of sp³-hybridized carbons (Fsp3) is 0.500. The zero-order chi connectivity index (χ0) is 13.3. The Labute approximate surface area is 115 Å². The van der Waals surface area contributed by atoms with Gasteiger partial charge in [0.05, 0.1) is 0 Å². The highest BCUT2D eigenvalue weighted by atomic mass is 79.9. The smallest absolute Gasteiger partial charge is 0.254 e. The number of amides is 1. The number of alkyl halides is 1. The van der Waals surface area contributed by atoms with Gasteiger partial charge < -0.3 is 4.90 Å². The number of hydrogen-bond acceptors (Lipinski definition) is 1. The lowest BCUT2D eigenvalue weighted by Crippen LogP contribution is -2.38. The van der Waals surface area contributed by atoms with Gasteiger partial charge in [-0.3, -0.25) is 4.79 Å². The van der Waals surface area contributed by atoms with E-state index in [1.54, 1.807) is 19.1 Å². The monoisotopic (exact) mass is 313 g/mol. The van der Waals surface area contributed by atoms with Crippen LogP contribution < -0.4 is 0 Å². The molecule has 1 aliphatic heterocycles. The van der Waals surface area contributed by atoms with Crippen LogP contribution in [-0.2, 0) is 0 Å². The zero-order valence-corrected chi connectivity index (χ0v) is 12.2. The van der Waals surface area contributed by atoms with E-state index in [0.29, 0.717) is 17.0 Å². The van der Waals surface area contributed by atoms with Crippen molar-refractivity contribution in [2.24, 2.45) is 5.92 Å². The number of likely N-dealkylation sites (tertiary alicyclic amines) is 1. The van der Waals surface area contributed by atoms with Gasteiger partial charge in [0.2, 0.25) is 0 Å². The Bertz CT molecular complexity index is 463. The van der Waals surface area contributed by atoms with Gasteiger partial charge in [0.25, 0.3) is 5.91 Å². The van der Waals surface area contributed by atoms with Crippen molar-refractivity contribution >= 4 is 21.8 Å². The van der Waals surface area contributed by atoms with E-state index in [4.69, 9.17) is 0 Å². The van der Waals surface area contributed by atoms with Crippen LogP contribution in [0.1, 0.15) is 29.3 Å².